The second-order valence-corrected chi connectivity index (χ2v) is 3.91. The predicted octanol–water partition coefficient (Wildman–Crippen LogP) is 2.64. The molecule has 1 aromatic rings. The fourth-order valence-corrected chi connectivity index (χ4v) is 1.73. The van der Waals surface area contributed by atoms with E-state index in [4.69, 9.17) is 9.26 Å². The summed E-state index contributed by atoms with van der Waals surface area (Å²) in [5.41, 5.74) is 0. The number of hydrogen-bond acceptors (Lipinski definition) is 5. The summed E-state index contributed by atoms with van der Waals surface area (Å²) in [7, 11) is 0. The minimum Gasteiger partial charge on any atom is -0.370 e. The van der Waals surface area contributed by atoms with E-state index >= 15 is 0 Å². The van der Waals surface area contributed by atoms with Gasteiger partial charge in [0.2, 0.25) is 11.7 Å². The van der Waals surface area contributed by atoms with E-state index in [2.05, 4.69) is 10.1 Å². The Labute approximate surface area is 102 Å². The molecule has 0 aromatic carbocycles. The molecule has 0 N–H and O–H groups in total. The van der Waals surface area contributed by atoms with Gasteiger partial charge in [-0.3, -0.25) is 4.79 Å². The largest absolute Gasteiger partial charge is 0.370 e. The smallest absolute Gasteiger partial charge is 0.237 e. The van der Waals surface area contributed by atoms with E-state index in [1.807, 2.05) is 20.8 Å². The van der Waals surface area contributed by atoms with Gasteiger partial charge in [0, 0.05) is 6.61 Å². The van der Waals surface area contributed by atoms with Crippen LogP contribution in [0.4, 0.5) is 0 Å². The molecule has 5 nitrogen and oxygen atoms in total. The van der Waals surface area contributed by atoms with Crippen LogP contribution in [0.15, 0.2) is 4.52 Å². The fraction of sp³-hybridized carbons (Fsp3) is 0.750. The molecule has 0 aliphatic carbocycles. The normalized spacial score (nSPS) is 14.6. The number of aromatic nitrogens is 2. The SMILES string of the molecule is CCOC(CC)c1noc(C(CC)C(C)=O)n1. The predicted molar refractivity (Wildman–Crippen MR) is 62.7 cm³/mol. The summed E-state index contributed by atoms with van der Waals surface area (Å²) >= 11 is 0. The van der Waals surface area contributed by atoms with E-state index in [0.717, 1.165) is 6.42 Å². The van der Waals surface area contributed by atoms with Gasteiger partial charge in [0.1, 0.15) is 11.9 Å². The van der Waals surface area contributed by atoms with Crippen molar-refractivity contribution in [2.24, 2.45) is 0 Å². The van der Waals surface area contributed by atoms with Crippen LogP contribution in [-0.2, 0) is 9.53 Å². The molecule has 0 radical (unpaired) electrons. The van der Waals surface area contributed by atoms with E-state index < -0.39 is 0 Å². The zero-order valence-electron chi connectivity index (χ0n) is 10.9. The molecule has 17 heavy (non-hydrogen) atoms. The Morgan fingerprint density at radius 3 is 2.53 bits per heavy atom. The van der Waals surface area contributed by atoms with Gasteiger partial charge in [-0.1, -0.05) is 19.0 Å². The van der Waals surface area contributed by atoms with E-state index in [1.165, 1.54) is 6.92 Å². The highest BCUT2D eigenvalue weighted by Crippen LogP contribution is 2.23. The quantitative estimate of drug-likeness (QED) is 0.733. The summed E-state index contributed by atoms with van der Waals surface area (Å²) in [6.07, 6.45) is 1.30. The zero-order chi connectivity index (χ0) is 12.8. The maximum Gasteiger partial charge on any atom is 0.237 e. The fourth-order valence-electron chi connectivity index (χ4n) is 1.73. The van der Waals surface area contributed by atoms with Gasteiger partial charge in [-0.05, 0) is 26.7 Å². The number of nitrogens with zero attached hydrogens (tertiary/aromatic N) is 2. The molecular formula is C12H20N2O3. The van der Waals surface area contributed by atoms with Crippen LogP contribution < -0.4 is 0 Å². The van der Waals surface area contributed by atoms with Crippen LogP contribution in [-0.4, -0.2) is 22.5 Å². The third-order valence-corrected chi connectivity index (χ3v) is 2.68. The van der Waals surface area contributed by atoms with Crippen LogP contribution in [0.5, 0.6) is 0 Å². The average molecular weight is 240 g/mol. The van der Waals surface area contributed by atoms with E-state index in [9.17, 15) is 4.79 Å². The van der Waals surface area contributed by atoms with Crippen molar-refractivity contribution in [1.82, 2.24) is 10.1 Å². The lowest BCUT2D eigenvalue weighted by Crippen LogP contribution is -2.09. The van der Waals surface area contributed by atoms with Crippen molar-refractivity contribution >= 4 is 5.78 Å². The molecule has 0 saturated carbocycles. The molecule has 0 aliphatic rings. The standard InChI is InChI=1S/C12H20N2O3/c1-5-9(8(4)15)12-13-11(14-17-12)10(6-2)16-7-3/h9-10H,5-7H2,1-4H3. The van der Waals surface area contributed by atoms with Gasteiger partial charge in [-0.2, -0.15) is 4.98 Å². The van der Waals surface area contributed by atoms with Gasteiger partial charge < -0.3 is 9.26 Å². The molecule has 0 aliphatic heterocycles. The molecule has 1 rings (SSSR count). The Kier molecular flexibility index (Phi) is 5.28. The lowest BCUT2D eigenvalue weighted by Gasteiger charge is -2.09. The molecule has 96 valence electrons. The highest BCUT2D eigenvalue weighted by molar-refractivity contribution is 5.82. The monoisotopic (exact) mass is 240 g/mol. The molecular weight excluding hydrogens is 220 g/mol. The Bertz CT molecular complexity index is 362. The van der Waals surface area contributed by atoms with Gasteiger partial charge in [-0.15, -0.1) is 0 Å². The number of Topliss-reactive ketones (excluding diaryl/α,β-unsaturated/α-hetero) is 1. The first-order valence-electron chi connectivity index (χ1n) is 6.09. The van der Waals surface area contributed by atoms with Crippen LogP contribution >= 0.6 is 0 Å². The van der Waals surface area contributed by atoms with Crippen LogP contribution in [0, 0.1) is 0 Å². The summed E-state index contributed by atoms with van der Waals surface area (Å²) in [6.45, 7) is 7.99. The molecule has 0 bridgehead atoms. The lowest BCUT2D eigenvalue weighted by molar-refractivity contribution is -0.119. The van der Waals surface area contributed by atoms with Crippen LogP contribution in [0.1, 0.15) is 64.3 Å². The summed E-state index contributed by atoms with van der Waals surface area (Å²) in [5, 5.41) is 3.89. The third-order valence-electron chi connectivity index (χ3n) is 2.68. The van der Waals surface area contributed by atoms with Crippen LogP contribution in [0.3, 0.4) is 0 Å². The van der Waals surface area contributed by atoms with Crippen molar-refractivity contribution in [2.75, 3.05) is 6.61 Å². The Hall–Kier alpha value is -1.23. The molecule has 0 fully saturated rings. The second-order valence-electron chi connectivity index (χ2n) is 3.91. The van der Waals surface area contributed by atoms with Crippen molar-refractivity contribution in [3.8, 4) is 0 Å². The first-order valence-corrected chi connectivity index (χ1v) is 6.09. The maximum absolute atomic E-state index is 11.4. The number of hydrogen-bond donors (Lipinski definition) is 0. The highest BCUT2D eigenvalue weighted by atomic mass is 16.5. The number of rotatable bonds is 7. The summed E-state index contributed by atoms with van der Waals surface area (Å²) < 4.78 is 10.6. The molecule has 0 saturated heterocycles. The maximum atomic E-state index is 11.4. The highest BCUT2D eigenvalue weighted by Gasteiger charge is 2.24. The molecule has 0 amide bonds. The second kappa shape index (κ2) is 6.49. The van der Waals surface area contributed by atoms with Crippen molar-refractivity contribution in [1.29, 1.82) is 0 Å². The van der Waals surface area contributed by atoms with Gasteiger partial charge >= 0.3 is 0 Å². The van der Waals surface area contributed by atoms with Gasteiger partial charge in [0.25, 0.3) is 0 Å². The first kappa shape index (κ1) is 13.8. The minimum atomic E-state index is -0.296. The number of carbonyl (C=O) groups is 1. The van der Waals surface area contributed by atoms with E-state index in [0.29, 0.717) is 24.7 Å². The lowest BCUT2D eigenvalue weighted by atomic mass is 10.0. The van der Waals surface area contributed by atoms with E-state index in [1.54, 1.807) is 0 Å². The Morgan fingerprint density at radius 1 is 1.35 bits per heavy atom. The average Bonchev–Trinajstić information content (AvgIpc) is 2.75. The van der Waals surface area contributed by atoms with Crippen molar-refractivity contribution in [3.05, 3.63) is 11.7 Å². The molecule has 2 unspecified atom stereocenters. The molecule has 5 heteroatoms. The first-order chi connectivity index (χ1) is 8.13. The molecule has 1 aromatic heterocycles. The topological polar surface area (TPSA) is 65.2 Å². The Balaban J connectivity index is 2.85. The van der Waals surface area contributed by atoms with Crippen molar-refractivity contribution in [2.45, 2.75) is 52.6 Å². The van der Waals surface area contributed by atoms with Crippen LogP contribution in [0.2, 0.25) is 0 Å². The zero-order valence-corrected chi connectivity index (χ0v) is 10.9. The number of ketones is 1. The molecule has 0 spiro atoms. The summed E-state index contributed by atoms with van der Waals surface area (Å²) in [6, 6.07) is 0. The number of ether oxygens (including phenoxy) is 1. The van der Waals surface area contributed by atoms with E-state index in [-0.39, 0.29) is 17.8 Å². The van der Waals surface area contributed by atoms with Gasteiger partial charge in [0.05, 0.1) is 5.92 Å². The van der Waals surface area contributed by atoms with Crippen molar-refractivity contribution < 1.29 is 14.1 Å². The minimum absolute atomic E-state index is 0.0483. The third kappa shape index (κ3) is 3.36. The van der Waals surface area contributed by atoms with Crippen molar-refractivity contribution in [3.63, 3.8) is 0 Å². The Morgan fingerprint density at radius 2 is 2.06 bits per heavy atom. The molecule has 1 heterocycles. The summed E-state index contributed by atoms with van der Waals surface area (Å²) in [5.74, 6) is 0.680. The van der Waals surface area contributed by atoms with Gasteiger partial charge in [-0.25, -0.2) is 0 Å². The summed E-state index contributed by atoms with van der Waals surface area (Å²) in [4.78, 5) is 15.7. The van der Waals surface area contributed by atoms with Crippen LogP contribution in [0.25, 0.3) is 0 Å². The number of carbonyl (C=O) groups excluding carboxylic acids is 1. The molecule has 2 atom stereocenters. The van der Waals surface area contributed by atoms with Gasteiger partial charge in [0.15, 0.2) is 0 Å².